The van der Waals surface area contributed by atoms with Crippen LogP contribution in [0.25, 0.3) is 10.9 Å². The van der Waals surface area contributed by atoms with Crippen molar-refractivity contribution in [2.45, 2.75) is 19.9 Å². The Morgan fingerprint density at radius 1 is 1.10 bits per heavy atom. The number of hydrogen-bond acceptors (Lipinski definition) is 2. The average Bonchev–Trinajstić information content (AvgIpc) is 2.94. The van der Waals surface area contributed by atoms with E-state index in [4.69, 9.17) is 4.74 Å². The van der Waals surface area contributed by atoms with Gasteiger partial charge in [-0.1, -0.05) is 17.7 Å². The molecular formula is C18H20N2O. The molecule has 0 bridgehead atoms. The normalized spacial score (nSPS) is 12.3. The third kappa shape index (κ3) is 2.72. The van der Waals surface area contributed by atoms with Crippen LogP contribution in [0.2, 0.25) is 0 Å². The Bertz CT molecular complexity index is 761. The van der Waals surface area contributed by atoms with Gasteiger partial charge in [-0.15, -0.1) is 0 Å². The van der Waals surface area contributed by atoms with Crippen molar-refractivity contribution in [2.24, 2.45) is 0 Å². The molecule has 0 fully saturated rings. The first kappa shape index (κ1) is 13.6. The van der Waals surface area contributed by atoms with Gasteiger partial charge in [0.15, 0.2) is 0 Å². The van der Waals surface area contributed by atoms with Gasteiger partial charge in [0, 0.05) is 28.4 Å². The van der Waals surface area contributed by atoms with Crippen molar-refractivity contribution in [2.75, 3.05) is 12.4 Å². The fraction of sp³-hybridized carbons (Fsp3) is 0.222. The molecule has 21 heavy (non-hydrogen) atoms. The molecule has 0 radical (unpaired) electrons. The first-order valence-electron chi connectivity index (χ1n) is 7.15. The summed E-state index contributed by atoms with van der Waals surface area (Å²) in [6.07, 6.45) is 1.96. The predicted octanol–water partition coefficient (Wildman–Crippen LogP) is 4.66. The van der Waals surface area contributed by atoms with Gasteiger partial charge in [0.2, 0.25) is 0 Å². The van der Waals surface area contributed by atoms with E-state index in [9.17, 15) is 0 Å². The Labute approximate surface area is 125 Å². The molecule has 3 aromatic rings. The molecule has 0 saturated carbocycles. The van der Waals surface area contributed by atoms with Gasteiger partial charge in [-0.2, -0.15) is 0 Å². The molecule has 0 spiro atoms. The van der Waals surface area contributed by atoms with Gasteiger partial charge in [0.25, 0.3) is 0 Å². The van der Waals surface area contributed by atoms with Gasteiger partial charge >= 0.3 is 0 Å². The van der Waals surface area contributed by atoms with Gasteiger partial charge in [0.1, 0.15) is 5.75 Å². The number of rotatable bonds is 4. The highest BCUT2D eigenvalue weighted by molar-refractivity contribution is 5.83. The van der Waals surface area contributed by atoms with Crippen LogP contribution in [-0.2, 0) is 0 Å². The van der Waals surface area contributed by atoms with E-state index in [0.29, 0.717) is 0 Å². The molecule has 2 N–H and O–H groups in total. The van der Waals surface area contributed by atoms with Crippen molar-refractivity contribution >= 4 is 16.6 Å². The number of fused-ring (bicyclic) bond motifs is 1. The van der Waals surface area contributed by atoms with E-state index in [2.05, 4.69) is 60.5 Å². The number of aromatic nitrogens is 1. The summed E-state index contributed by atoms with van der Waals surface area (Å²) in [5, 5.41) is 4.76. The summed E-state index contributed by atoms with van der Waals surface area (Å²) < 4.78 is 5.47. The van der Waals surface area contributed by atoms with Gasteiger partial charge in [0.05, 0.1) is 13.2 Å². The Balaban J connectivity index is 1.88. The first-order valence-corrected chi connectivity index (χ1v) is 7.15. The zero-order valence-corrected chi connectivity index (χ0v) is 12.6. The lowest BCUT2D eigenvalue weighted by Crippen LogP contribution is -2.08. The minimum atomic E-state index is 0.177. The second kappa shape index (κ2) is 5.52. The van der Waals surface area contributed by atoms with Crippen molar-refractivity contribution in [3.63, 3.8) is 0 Å². The molecule has 1 atom stereocenters. The van der Waals surface area contributed by atoms with Crippen LogP contribution in [-0.4, -0.2) is 12.1 Å². The second-order valence-corrected chi connectivity index (χ2v) is 5.39. The smallest absolute Gasteiger partial charge is 0.124 e. The molecule has 108 valence electrons. The van der Waals surface area contributed by atoms with Gasteiger partial charge in [-0.25, -0.2) is 0 Å². The van der Waals surface area contributed by atoms with Crippen LogP contribution in [0, 0.1) is 6.92 Å². The highest BCUT2D eigenvalue weighted by Crippen LogP contribution is 2.29. The fourth-order valence-electron chi connectivity index (χ4n) is 2.66. The molecule has 3 nitrogen and oxygen atoms in total. The predicted molar refractivity (Wildman–Crippen MR) is 88.1 cm³/mol. The zero-order valence-electron chi connectivity index (χ0n) is 12.6. The van der Waals surface area contributed by atoms with Gasteiger partial charge in [-0.3, -0.25) is 0 Å². The minimum absolute atomic E-state index is 0.177. The van der Waals surface area contributed by atoms with Crippen molar-refractivity contribution in [3.8, 4) is 5.75 Å². The molecule has 0 aliphatic rings. The monoisotopic (exact) mass is 280 g/mol. The maximum Gasteiger partial charge on any atom is 0.124 e. The van der Waals surface area contributed by atoms with Crippen LogP contribution in [0.15, 0.2) is 48.7 Å². The first-order chi connectivity index (χ1) is 10.2. The Hall–Kier alpha value is -2.42. The minimum Gasteiger partial charge on any atom is -0.496 e. The molecule has 3 heteroatoms. The summed E-state index contributed by atoms with van der Waals surface area (Å²) in [6, 6.07) is 14.9. The number of ether oxygens (including phenoxy) is 1. The Morgan fingerprint density at radius 3 is 2.76 bits per heavy atom. The molecule has 1 heterocycles. The van der Waals surface area contributed by atoms with Crippen LogP contribution >= 0.6 is 0 Å². The van der Waals surface area contributed by atoms with Gasteiger partial charge < -0.3 is 15.0 Å². The molecule has 0 saturated heterocycles. The molecule has 0 aliphatic heterocycles. The largest absolute Gasteiger partial charge is 0.496 e. The van der Waals surface area contributed by atoms with Crippen LogP contribution < -0.4 is 10.1 Å². The second-order valence-electron chi connectivity index (χ2n) is 5.39. The SMILES string of the molecule is COc1ccc(C)cc1C(C)Nc1ccc2[nH]ccc2c1. The molecule has 0 aliphatic carbocycles. The van der Waals surface area contributed by atoms with Gasteiger partial charge in [-0.05, 0) is 44.2 Å². The zero-order chi connectivity index (χ0) is 14.8. The van der Waals surface area contributed by atoms with Crippen LogP contribution in [0.5, 0.6) is 5.75 Å². The summed E-state index contributed by atoms with van der Waals surface area (Å²) in [7, 11) is 1.72. The lowest BCUT2D eigenvalue weighted by molar-refractivity contribution is 0.408. The number of aryl methyl sites for hydroxylation is 1. The number of H-pyrrole nitrogens is 1. The van der Waals surface area contributed by atoms with Crippen molar-refractivity contribution in [3.05, 3.63) is 59.8 Å². The molecule has 3 rings (SSSR count). The van der Waals surface area contributed by atoms with E-state index in [0.717, 1.165) is 17.0 Å². The number of methoxy groups -OCH3 is 1. The number of hydrogen-bond donors (Lipinski definition) is 2. The third-order valence-corrected chi connectivity index (χ3v) is 3.79. The molecule has 1 aromatic heterocycles. The molecule has 0 amide bonds. The topological polar surface area (TPSA) is 37.0 Å². The van der Waals surface area contributed by atoms with Crippen molar-refractivity contribution < 1.29 is 4.74 Å². The highest BCUT2D eigenvalue weighted by Gasteiger charge is 2.12. The molecule has 1 unspecified atom stereocenters. The number of benzene rings is 2. The summed E-state index contributed by atoms with van der Waals surface area (Å²) in [4.78, 5) is 3.21. The van der Waals surface area contributed by atoms with Crippen molar-refractivity contribution in [1.82, 2.24) is 4.98 Å². The average molecular weight is 280 g/mol. The summed E-state index contributed by atoms with van der Waals surface area (Å²) in [6.45, 7) is 4.25. The number of aromatic amines is 1. The van der Waals surface area contributed by atoms with E-state index in [-0.39, 0.29) is 6.04 Å². The van der Waals surface area contributed by atoms with E-state index in [1.54, 1.807) is 7.11 Å². The number of anilines is 1. The molecule has 2 aromatic carbocycles. The maximum absolute atomic E-state index is 5.47. The summed E-state index contributed by atoms with van der Waals surface area (Å²) in [5.41, 5.74) is 4.67. The lowest BCUT2D eigenvalue weighted by atomic mass is 10.0. The van der Waals surface area contributed by atoms with E-state index in [1.165, 1.54) is 16.5 Å². The van der Waals surface area contributed by atoms with Crippen LogP contribution in [0.3, 0.4) is 0 Å². The fourth-order valence-corrected chi connectivity index (χ4v) is 2.66. The maximum atomic E-state index is 5.47. The van der Waals surface area contributed by atoms with Crippen LogP contribution in [0.1, 0.15) is 24.1 Å². The summed E-state index contributed by atoms with van der Waals surface area (Å²) >= 11 is 0. The van der Waals surface area contributed by atoms with Crippen molar-refractivity contribution in [1.29, 1.82) is 0 Å². The third-order valence-electron chi connectivity index (χ3n) is 3.79. The van der Waals surface area contributed by atoms with E-state index < -0.39 is 0 Å². The standard InChI is InChI=1S/C18H20N2O/c1-12-4-7-18(21-3)16(10-12)13(2)20-15-5-6-17-14(11-15)8-9-19-17/h4-11,13,19-20H,1-3H3. The summed E-state index contributed by atoms with van der Waals surface area (Å²) in [5.74, 6) is 0.920. The van der Waals surface area contributed by atoms with Crippen LogP contribution in [0.4, 0.5) is 5.69 Å². The van der Waals surface area contributed by atoms with E-state index >= 15 is 0 Å². The lowest BCUT2D eigenvalue weighted by Gasteiger charge is -2.19. The highest BCUT2D eigenvalue weighted by atomic mass is 16.5. The number of nitrogens with one attached hydrogen (secondary N) is 2. The Kier molecular flexibility index (Phi) is 3.57. The quantitative estimate of drug-likeness (QED) is 0.729. The Morgan fingerprint density at radius 2 is 1.95 bits per heavy atom. The molecular weight excluding hydrogens is 260 g/mol. The van der Waals surface area contributed by atoms with E-state index in [1.807, 2.05) is 12.3 Å².